The maximum atomic E-state index is 11.7. The zero-order chi connectivity index (χ0) is 15.7. The molecule has 21 heavy (non-hydrogen) atoms. The molecule has 0 spiro atoms. The standard InChI is InChI=1S/C13H23N5O2S/c1-12(2,3)20-11(19)15-7-13(4)5-6-18(8-13)10-17-16-9(14)21-10/h5-8H2,1-4H3,(H2,14,16)(H,15,19). The fourth-order valence-corrected chi connectivity index (χ4v) is 2.92. The Kier molecular flexibility index (Phi) is 4.27. The van der Waals surface area contributed by atoms with Gasteiger partial charge in [-0.1, -0.05) is 18.3 Å². The molecule has 8 heteroatoms. The summed E-state index contributed by atoms with van der Waals surface area (Å²) in [7, 11) is 0. The molecule has 1 aliphatic heterocycles. The normalized spacial score (nSPS) is 22.4. The molecule has 7 nitrogen and oxygen atoms in total. The van der Waals surface area contributed by atoms with Gasteiger partial charge in [-0.25, -0.2) is 4.79 Å². The van der Waals surface area contributed by atoms with Crippen molar-refractivity contribution in [1.82, 2.24) is 15.5 Å². The number of amides is 1. The molecule has 2 heterocycles. The number of nitrogens with one attached hydrogen (secondary N) is 1. The van der Waals surface area contributed by atoms with Gasteiger partial charge in [0.1, 0.15) is 5.60 Å². The quantitative estimate of drug-likeness (QED) is 0.884. The molecule has 0 aliphatic carbocycles. The van der Waals surface area contributed by atoms with Gasteiger partial charge in [0.05, 0.1) is 0 Å². The molecule has 0 saturated carbocycles. The number of nitrogen functional groups attached to an aromatic ring is 1. The lowest BCUT2D eigenvalue weighted by Crippen LogP contribution is -2.40. The third-order valence-corrected chi connectivity index (χ3v) is 4.13. The van der Waals surface area contributed by atoms with E-state index in [1.54, 1.807) is 0 Å². The Morgan fingerprint density at radius 1 is 1.52 bits per heavy atom. The van der Waals surface area contributed by atoms with Crippen LogP contribution in [0.2, 0.25) is 0 Å². The number of anilines is 2. The summed E-state index contributed by atoms with van der Waals surface area (Å²) in [5.41, 5.74) is 5.14. The minimum atomic E-state index is -0.475. The topological polar surface area (TPSA) is 93.4 Å². The SMILES string of the molecule is CC1(CNC(=O)OC(C)(C)C)CCN(c2nnc(N)s2)C1. The Bertz CT molecular complexity index is 513. The van der Waals surface area contributed by atoms with Crippen molar-refractivity contribution < 1.29 is 9.53 Å². The Morgan fingerprint density at radius 3 is 2.81 bits per heavy atom. The lowest BCUT2D eigenvalue weighted by atomic mass is 9.90. The molecule has 1 aromatic heterocycles. The number of nitrogens with zero attached hydrogens (tertiary/aromatic N) is 3. The monoisotopic (exact) mass is 313 g/mol. The Morgan fingerprint density at radius 2 is 2.24 bits per heavy atom. The molecule has 3 N–H and O–H groups in total. The van der Waals surface area contributed by atoms with E-state index in [1.807, 2.05) is 20.8 Å². The van der Waals surface area contributed by atoms with E-state index < -0.39 is 5.60 Å². The first-order chi connectivity index (χ1) is 9.67. The van der Waals surface area contributed by atoms with Crippen molar-refractivity contribution in [2.75, 3.05) is 30.3 Å². The van der Waals surface area contributed by atoms with E-state index in [4.69, 9.17) is 10.5 Å². The van der Waals surface area contributed by atoms with E-state index in [9.17, 15) is 4.79 Å². The van der Waals surface area contributed by atoms with Crippen molar-refractivity contribution >= 4 is 27.7 Å². The molecule has 118 valence electrons. The Balaban J connectivity index is 1.85. The molecule has 1 saturated heterocycles. The fraction of sp³-hybridized carbons (Fsp3) is 0.769. The minimum Gasteiger partial charge on any atom is -0.444 e. The zero-order valence-corrected chi connectivity index (χ0v) is 13.8. The van der Waals surface area contributed by atoms with E-state index in [-0.39, 0.29) is 11.5 Å². The van der Waals surface area contributed by atoms with Crippen LogP contribution in [0.3, 0.4) is 0 Å². The second-order valence-electron chi connectivity index (χ2n) is 6.76. The largest absolute Gasteiger partial charge is 0.444 e. The average Bonchev–Trinajstić information content (AvgIpc) is 2.92. The van der Waals surface area contributed by atoms with Crippen molar-refractivity contribution in [3.8, 4) is 0 Å². The van der Waals surface area contributed by atoms with Crippen LogP contribution < -0.4 is 16.0 Å². The van der Waals surface area contributed by atoms with Gasteiger partial charge in [-0.05, 0) is 27.2 Å². The van der Waals surface area contributed by atoms with Crippen LogP contribution in [-0.4, -0.2) is 41.5 Å². The van der Waals surface area contributed by atoms with Crippen LogP contribution in [0.1, 0.15) is 34.1 Å². The molecule has 1 aliphatic rings. The summed E-state index contributed by atoms with van der Waals surface area (Å²) in [6.45, 7) is 9.99. The van der Waals surface area contributed by atoms with Crippen molar-refractivity contribution in [3.05, 3.63) is 0 Å². The summed E-state index contributed by atoms with van der Waals surface area (Å²) in [6.07, 6.45) is 0.602. The summed E-state index contributed by atoms with van der Waals surface area (Å²) in [5, 5.41) is 12.1. The molecule has 1 fully saturated rings. The average molecular weight is 313 g/mol. The Hall–Kier alpha value is -1.57. The van der Waals surface area contributed by atoms with E-state index in [0.717, 1.165) is 24.6 Å². The first-order valence-corrected chi connectivity index (χ1v) is 7.79. The summed E-state index contributed by atoms with van der Waals surface area (Å²) in [5.74, 6) is 0. The predicted molar refractivity (Wildman–Crippen MR) is 83.5 cm³/mol. The van der Waals surface area contributed by atoms with Gasteiger partial charge in [-0.2, -0.15) is 0 Å². The highest BCUT2D eigenvalue weighted by molar-refractivity contribution is 7.18. The molecule has 0 bridgehead atoms. The summed E-state index contributed by atoms with van der Waals surface area (Å²) >= 11 is 1.39. The lowest BCUT2D eigenvalue weighted by molar-refractivity contribution is 0.0507. The number of alkyl carbamates (subject to hydrolysis) is 1. The second-order valence-corrected chi connectivity index (χ2v) is 7.75. The van der Waals surface area contributed by atoms with Crippen LogP contribution in [0.5, 0.6) is 0 Å². The maximum Gasteiger partial charge on any atom is 0.407 e. The number of nitrogens with two attached hydrogens (primary N) is 1. The molecule has 1 aromatic rings. The number of hydrogen-bond donors (Lipinski definition) is 2. The highest BCUT2D eigenvalue weighted by atomic mass is 32.1. The predicted octanol–water partition coefficient (Wildman–Crippen LogP) is 1.86. The third kappa shape index (κ3) is 4.45. The van der Waals surface area contributed by atoms with Crippen LogP contribution >= 0.6 is 11.3 Å². The molecule has 0 radical (unpaired) electrons. The molecule has 1 amide bonds. The van der Waals surface area contributed by atoms with Gasteiger partial charge in [0.15, 0.2) is 0 Å². The van der Waals surface area contributed by atoms with Crippen LogP contribution in [0.4, 0.5) is 15.1 Å². The summed E-state index contributed by atoms with van der Waals surface area (Å²) in [6, 6.07) is 0. The van der Waals surface area contributed by atoms with Crippen LogP contribution in [-0.2, 0) is 4.74 Å². The van der Waals surface area contributed by atoms with Gasteiger partial charge in [-0.3, -0.25) is 0 Å². The van der Waals surface area contributed by atoms with Crippen molar-refractivity contribution in [3.63, 3.8) is 0 Å². The molecule has 1 atom stereocenters. The number of carbonyl (C=O) groups excluding carboxylic acids is 1. The number of aromatic nitrogens is 2. The smallest absolute Gasteiger partial charge is 0.407 e. The molecule has 0 aromatic carbocycles. The molecule has 2 rings (SSSR count). The van der Waals surface area contributed by atoms with E-state index in [1.165, 1.54) is 11.3 Å². The molecule has 1 unspecified atom stereocenters. The number of rotatable bonds is 3. The first kappa shape index (κ1) is 15.8. The van der Waals surface area contributed by atoms with Gasteiger partial charge >= 0.3 is 6.09 Å². The second kappa shape index (κ2) is 5.67. The highest BCUT2D eigenvalue weighted by Gasteiger charge is 2.35. The number of carbonyl (C=O) groups is 1. The summed E-state index contributed by atoms with van der Waals surface area (Å²) < 4.78 is 5.26. The first-order valence-electron chi connectivity index (χ1n) is 6.98. The van der Waals surface area contributed by atoms with Gasteiger partial charge < -0.3 is 20.7 Å². The van der Waals surface area contributed by atoms with Crippen molar-refractivity contribution in [2.45, 2.75) is 39.7 Å². The fourth-order valence-electron chi connectivity index (χ4n) is 2.29. The van der Waals surface area contributed by atoms with Crippen LogP contribution in [0.25, 0.3) is 0 Å². The van der Waals surface area contributed by atoms with E-state index >= 15 is 0 Å². The number of hydrogen-bond acceptors (Lipinski definition) is 7. The van der Waals surface area contributed by atoms with Crippen LogP contribution in [0, 0.1) is 5.41 Å². The third-order valence-electron chi connectivity index (χ3n) is 3.32. The van der Waals surface area contributed by atoms with Crippen molar-refractivity contribution in [1.29, 1.82) is 0 Å². The van der Waals surface area contributed by atoms with Crippen molar-refractivity contribution in [2.24, 2.45) is 5.41 Å². The minimum absolute atomic E-state index is 0.00264. The molecular weight excluding hydrogens is 290 g/mol. The highest BCUT2D eigenvalue weighted by Crippen LogP contribution is 2.34. The Labute approximate surface area is 128 Å². The van der Waals surface area contributed by atoms with Gasteiger partial charge in [-0.15, -0.1) is 10.2 Å². The van der Waals surface area contributed by atoms with E-state index in [2.05, 4.69) is 27.3 Å². The van der Waals surface area contributed by atoms with E-state index in [0.29, 0.717) is 11.7 Å². The maximum absolute atomic E-state index is 11.7. The number of ether oxygens (including phenoxy) is 1. The van der Waals surface area contributed by atoms with Gasteiger partial charge in [0.2, 0.25) is 10.3 Å². The zero-order valence-electron chi connectivity index (χ0n) is 13.0. The van der Waals surface area contributed by atoms with Crippen LogP contribution in [0.15, 0.2) is 0 Å². The molecular formula is C13H23N5O2S. The van der Waals surface area contributed by atoms with Gasteiger partial charge in [0, 0.05) is 25.0 Å². The lowest BCUT2D eigenvalue weighted by Gasteiger charge is -2.26. The van der Waals surface area contributed by atoms with Gasteiger partial charge in [0.25, 0.3) is 0 Å². The summed E-state index contributed by atoms with van der Waals surface area (Å²) in [4.78, 5) is 13.9.